The van der Waals surface area contributed by atoms with Gasteiger partial charge in [0.25, 0.3) is 0 Å². The SMILES string of the molecule is CC(C)(C)OC(=O)N1CC[C@H](COC(c2ccccc2)(c2ccccc2)c2ccccc2)[C@H](O)C1. The monoisotopic (exact) mass is 473 g/mol. The van der Waals surface area contributed by atoms with Crippen molar-refractivity contribution in [3.63, 3.8) is 0 Å². The number of benzene rings is 3. The molecule has 1 heterocycles. The standard InChI is InChI=1S/C30H35NO4/c1-29(2,3)35-28(33)31-20-19-23(27(32)21-31)22-34-30(24-13-7-4-8-14-24,25-15-9-5-10-16-25)26-17-11-6-12-18-26/h4-18,23,27,32H,19-22H2,1-3H3/t23-,27-/m1/s1. The van der Waals surface area contributed by atoms with Gasteiger partial charge in [-0.1, -0.05) is 91.0 Å². The molecule has 1 amide bonds. The lowest BCUT2D eigenvalue weighted by Gasteiger charge is -2.40. The summed E-state index contributed by atoms with van der Waals surface area (Å²) in [5.74, 6) is -0.107. The first kappa shape index (κ1) is 25.0. The molecule has 0 unspecified atom stereocenters. The average Bonchev–Trinajstić information content (AvgIpc) is 2.86. The van der Waals surface area contributed by atoms with E-state index < -0.39 is 17.3 Å². The summed E-state index contributed by atoms with van der Waals surface area (Å²) in [5.41, 5.74) is 1.68. The van der Waals surface area contributed by atoms with Gasteiger partial charge in [-0.15, -0.1) is 0 Å². The molecule has 1 saturated heterocycles. The van der Waals surface area contributed by atoms with Crippen LogP contribution in [0.1, 0.15) is 43.9 Å². The lowest BCUT2D eigenvalue weighted by molar-refractivity contribution is -0.0652. The third-order valence-electron chi connectivity index (χ3n) is 6.43. The Labute approximate surface area is 208 Å². The molecule has 1 aliphatic rings. The molecule has 0 aromatic heterocycles. The summed E-state index contributed by atoms with van der Waals surface area (Å²) in [5, 5.41) is 11.0. The van der Waals surface area contributed by atoms with Crippen LogP contribution in [-0.2, 0) is 15.1 Å². The zero-order valence-corrected chi connectivity index (χ0v) is 20.8. The number of hydrogen-bond donors (Lipinski definition) is 1. The van der Waals surface area contributed by atoms with Crippen LogP contribution in [0.15, 0.2) is 91.0 Å². The van der Waals surface area contributed by atoms with E-state index in [0.29, 0.717) is 19.6 Å². The number of aliphatic hydroxyl groups is 1. The van der Waals surface area contributed by atoms with E-state index in [2.05, 4.69) is 36.4 Å². The Morgan fingerprint density at radius 3 is 1.71 bits per heavy atom. The Bertz CT molecular complexity index is 983. The van der Waals surface area contributed by atoms with E-state index >= 15 is 0 Å². The highest BCUT2D eigenvalue weighted by atomic mass is 16.6. The molecule has 1 N–H and O–H groups in total. The summed E-state index contributed by atoms with van der Waals surface area (Å²) < 4.78 is 12.4. The second-order valence-electron chi connectivity index (χ2n) is 10.1. The zero-order chi connectivity index (χ0) is 24.9. The molecule has 0 saturated carbocycles. The summed E-state index contributed by atoms with van der Waals surface area (Å²) in [6.07, 6.45) is -0.450. The number of ether oxygens (including phenoxy) is 2. The summed E-state index contributed by atoms with van der Waals surface area (Å²) in [6, 6.07) is 30.6. The number of carbonyl (C=O) groups is 1. The van der Waals surface area contributed by atoms with Crippen LogP contribution in [0.5, 0.6) is 0 Å². The van der Waals surface area contributed by atoms with E-state index in [4.69, 9.17) is 9.47 Å². The Balaban J connectivity index is 1.60. The summed E-state index contributed by atoms with van der Waals surface area (Å²) in [7, 11) is 0. The number of carbonyl (C=O) groups excluding carboxylic acids is 1. The largest absolute Gasteiger partial charge is 0.444 e. The average molecular weight is 474 g/mol. The van der Waals surface area contributed by atoms with Crippen LogP contribution >= 0.6 is 0 Å². The smallest absolute Gasteiger partial charge is 0.410 e. The van der Waals surface area contributed by atoms with Crippen LogP contribution in [0.4, 0.5) is 4.79 Å². The molecular formula is C30H35NO4. The number of amides is 1. The van der Waals surface area contributed by atoms with Crippen molar-refractivity contribution < 1.29 is 19.4 Å². The maximum atomic E-state index is 12.5. The Kier molecular flexibility index (Phi) is 7.58. The molecule has 5 nitrogen and oxygen atoms in total. The van der Waals surface area contributed by atoms with Gasteiger partial charge in [0, 0.05) is 12.5 Å². The first-order chi connectivity index (χ1) is 16.8. The Morgan fingerprint density at radius 2 is 1.31 bits per heavy atom. The van der Waals surface area contributed by atoms with Crippen LogP contribution in [0, 0.1) is 5.92 Å². The van der Waals surface area contributed by atoms with Gasteiger partial charge in [-0.2, -0.15) is 0 Å². The number of nitrogens with zero attached hydrogens (tertiary/aromatic N) is 1. The van der Waals surface area contributed by atoms with Crippen molar-refractivity contribution in [3.05, 3.63) is 108 Å². The van der Waals surface area contributed by atoms with Crippen molar-refractivity contribution in [1.82, 2.24) is 4.90 Å². The van der Waals surface area contributed by atoms with Gasteiger partial charge in [-0.25, -0.2) is 4.79 Å². The van der Waals surface area contributed by atoms with Crippen LogP contribution in [0.2, 0.25) is 0 Å². The van der Waals surface area contributed by atoms with Crippen molar-refractivity contribution in [3.8, 4) is 0 Å². The van der Waals surface area contributed by atoms with Crippen LogP contribution < -0.4 is 0 Å². The molecule has 35 heavy (non-hydrogen) atoms. The third kappa shape index (κ3) is 5.75. The summed E-state index contributed by atoms with van der Waals surface area (Å²) in [6.45, 7) is 6.64. The number of piperidine rings is 1. The van der Waals surface area contributed by atoms with Crippen LogP contribution in [0.3, 0.4) is 0 Å². The zero-order valence-electron chi connectivity index (χ0n) is 20.8. The predicted molar refractivity (Wildman–Crippen MR) is 137 cm³/mol. The maximum absolute atomic E-state index is 12.5. The van der Waals surface area contributed by atoms with Gasteiger partial charge in [0.2, 0.25) is 0 Å². The highest BCUT2D eigenvalue weighted by Gasteiger charge is 2.40. The van der Waals surface area contributed by atoms with Gasteiger partial charge < -0.3 is 19.5 Å². The fourth-order valence-corrected chi connectivity index (χ4v) is 4.67. The van der Waals surface area contributed by atoms with Gasteiger partial charge in [0.1, 0.15) is 11.2 Å². The van der Waals surface area contributed by atoms with Crippen molar-refractivity contribution in [2.75, 3.05) is 19.7 Å². The van der Waals surface area contributed by atoms with Gasteiger partial charge >= 0.3 is 6.09 Å². The molecule has 4 rings (SSSR count). The van der Waals surface area contributed by atoms with Crippen LogP contribution in [-0.4, -0.2) is 47.5 Å². The normalized spacial score (nSPS) is 18.8. The predicted octanol–water partition coefficient (Wildman–Crippen LogP) is 5.61. The molecule has 3 aromatic rings. The number of rotatable bonds is 6. The fraction of sp³-hybridized carbons (Fsp3) is 0.367. The molecule has 184 valence electrons. The lowest BCUT2D eigenvalue weighted by Crippen LogP contribution is -2.50. The topological polar surface area (TPSA) is 59.0 Å². The molecule has 0 radical (unpaired) electrons. The number of aliphatic hydroxyl groups excluding tert-OH is 1. The first-order valence-electron chi connectivity index (χ1n) is 12.3. The molecule has 0 bridgehead atoms. The number of likely N-dealkylation sites (tertiary alicyclic amines) is 1. The summed E-state index contributed by atoms with van der Waals surface area (Å²) in [4.78, 5) is 14.1. The minimum atomic E-state index is -0.828. The fourth-order valence-electron chi connectivity index (χ4n) is 4.67. The van der Waals surface area contributed by atoms with Crippen LogP contribution in [0.25, 0.3) is 0 Å². The minimum Gasteiger partial charge on any atom is -0.444 e. The summed E-state index contributed by atoms with van der Waals surface area (Å²) >= 11 is 0. The van der Waals surface area contributed by atoms with Crippen molar-refractivity contribution in [2.45, 2.75) is 44.5 Å². The first-order valence-corrected chi connectivity index (χ1v) is 12.3. The quantitative estimate of drug-likeness (QED) is 0.473. The van der Waals surface area contributed by atoms with Gasteiger partial charge in [-0.05, 0) is 43.9 Å². The second kappa shape index (κ2) is 10.6. The van der Waals surface area contributed by atoms with E-state index in [9.17, 15) is 9.90 Å². The molecule has 5 heteroatoms. The van der Waals surface area contributed by atoms with E-state index in [0.717, 1.165) is 16.7 Å². The number of β-amino-alcohol motifs (C(OH)–C–C–N with tert-alkyl or cyclic N) is 1. The van der Waals surface area contributed by atoms with Crippen molar-refractivity contribution in [1.29, 1.82) is 0 Å². The van der Waals surface area contributed by atoms with Gasteiger partial charge in [-0.3, -0.25) is 0 Å². The number of hydrogen-bond acceptors (Lipinski definition) is 4. The molecule has 3 aromatic carbocycles. The highest BCUT2D eigenvalue weighted by Crippen LogP contribution is 2.41. The molecule has 1 aliphatic heterocycles. The Morgan fingerprint density at radius 1 is 0.857 bits per heavy atom. The molecule has 0 aliphatic carbocycles. The molecular weight excluding hydrogens is 438 g/mol. The molecule has 2 atom stereocenters. The van der Waals surface area contributed by atoms with E-state index in [1.54, 1.807) is 4.90 Å². The van der Waals surface area contributed by atoms with Crippen molar-refractivity contribution >= 4 is 6.09 Å². The third-order valence-corrected chi connectivity index (χ3v) is 6.43. The molecule has 1 fully saturated rings. The van der Waals surface area contributed by atoms with E-state index in [1.165, 1.54) is 0 Å². The van der Waals surface area contributed by atoms with Gasteiger partial charge in [0.15, 0.2) is 0 Å². The highest BCUT2D eigenvalue weighted by molar-refractivity contribution is 5.68. The lowest BCUT2D eigenvalue weighted by atomic mass is 9.80. The van der Waals surface area contributed by atoms with Crippen molar-refractivity contribution in [2.24, 2.45) is 5.92 Å². The van der Waals surface area contributed by atoms with E-state index in [-0.39, 0.29) is 18.6 Å². The molecule has 0 spiro atoms. The second-order valence-corrected chi connectivity index (χ2v) is 10.1. The maximum Gasteiger partial charge on any atom is 0.410 e. The van der Waals surface area contributed by atoms with Gasteiger partial charge in [0.05, 0.1) is 19.3 Å². The minimum absolute atomic E-state index is 0.107. The Hall–Kier alpha value is -3.15. The van der Waals surface area contributed by atoms with E-state index in [1.807, 2.05) is 75.4 Å².